The monoisotopic (exact) mass is 586 g/mol. The van der Waals surface area contributed by atoms with Gasteiger partial charge in [-0.25, -0.2) is 0 Å². The summed E-state index contributed by atoms with van der Waals surface area (Å²) in [5, 5.41) is 21.4. The lowest BCUT2D eigenvalue weighted by molar-refractivity contribution is -0.141. The number of hydrogen-bond acceptors (Lipinski definition) is 6. The molecule has 42 heavy (non-hydrogen) atoms. The smallest absolute Gasteiger partial charge is 0.317 e. The number of carboxylic acid groups (broad SMARTS) is 2. The fourth-order valence-electron chi connectivity index (χ4n) is 6.69. The maximum atomic E-state index is 14.3. The van der Waals surface area contributed by atoms with Gasteiger partial charge in [0.05, 0.1) is 13.1 Å². The number of hydrogen-bond donors (Lipinski definition) is 2. The Labute approximate surface area is 247 Å². The number of carbonyl (C=O) groups excluding carboxylic acids is 1. The summed E-state index contributed by atoms with van der Waals surface area (Å²) in [7, 11) is 5.79. The van der Waals surface area contributed by atoms with E-state index in [1.54, 1.807) is 0 Å². The van der Waals surface area contributed by atoms with Crippen LogP contribution in [-0.4, -0.2) is 100 Å². The number of fused-ring (bicyclic) bond motifs is 6. The number of benzene rings is 3. The van der Waals surface area contributed by atoms with Crippen LogP contribution in [0.15, 0.2) is 60.7 Å². The lowest BCUT2D eigenvalue weighted by Crippen LogP contribution is -2.66. The first-order chi connectivity index (χ1) is 19.8. The van der Waals surface area contributed by atoms with Crippen molar-refractivity contribution in [1.29, 1.82) is 0 Å². The van der Waals surface area contributed by atoms with Crippen LogP contribution >= 0.6 is 0 Å². The topological polar surface area (TPSA) is 105 Å². The van der Waals surface area contributed by atoms with E-state index in [2.05, 4.69) is 59.3 Å². The Hall–Kier alpha value is -4.15. The van der Waals surface area contributed by atoms with E-state index in [9.17, 15) is 24.6 Å². The summed E-state index contributed by atoms with van der Waals surface area (Å²) in [6.07, 6.45) is 0. The van der Waals surface area contributed by atoms with Crippen molar-refractivity contribution in [3.8, 4) is 0 Å². The van der Waals surface area contributed by atoms with Crippen LogP contribution < -0.4 is 20.2 Å². The molecule has 1 spiro atoms. The third-order valence-corrected chi connectivity index (χ3v) is 12.2. The number of aliphatic carboxylic acids is 2. The van der Waals surface area contributed by atoms with Gasteiger partial charge in [0.15, 0.2) is 0 Å². The third kappa shape index (κ3) is 4.55. The van der Waals surface area contributed by atoms with E-state index >= 15 is 0 Å². The quantitative estimate of drug-likeness (QED) is 0.368. The van der Waals surface area contributed by atoms with Crippen LogP contribution in [0.5, 0.6) is 0 Å². The Bertz CT molecular complexity index is 1510. The van der Waals surface area contributed by atoms with E-state index in [1.807, 2.05) is 57.4 Å². The molecule has 2 aliphatic heterocycles. The van der Waals surface area contributed by atoms with Crippen LogP contribution in [0.1, 0.15) is 27.0 Å². The number of nitrogens with zero attached hydrogens (tertiary/aromatic N) is 4. The Balaban J connectivity index is 1.80. The molecule has 3 aromatic carbocycles. The Morgan fingerprint density at radius 2 is 1.29 bits per heavy atom. The van der Waals surface area contributed by atoms with Gasteiger partial charge in [0.25, 0.3) is 5.91 Å². The Morgan fingerprint density at radius 1 is 0.786 bits per heavy atom. The summed E-state index contributed by atoms with van der Waals surface area (Å²) in [5.74, 6) is -2.38. The summed E-state index contributed by atoms with van der Waals surface area (Å²) in [5.41, 5.74) is 4.80. The van der Waals surface area contributed by atoms with E-state index in [0.717, 1.165) is 28.1 Å². The Kier molecular flexibility index (Phi) is 7.40. The highest BCUT2D eigenvalue weighted by atomic mass is 28.3. The van der Waals surface area contributed by atoms with Gasteiger partial charge in [0, 0.05) is 58.2 Å². The zero-order valence-electron chi connectivity index (χ0n) is 25.0. The number of rotatable bonds is 9. The van der Waals surface area contributed by atoms with Crippen molar-refractivity contribution >= 4 is 47.7 Å². The molecule has 9 nitrogen and oxygen atoms in total. The maximum Gasteiger partial charge on any atom is 0.317 e. The summed E-state index contributed by atoms with van der Waals surface area (Å²) in [6, 6.07) is 20.7. The maximum absolute atomic E-state index is 14.3. The van der Waals surface area contributed by atoms with E-state index in [0.29, 0.717) is 5.56 Å². The van der Waals surface area contributed by atoms with Gasteiger partial charge in [-0.1, -0.05) is 43.4 Å². The highest BCUT2D eigenvalue weighted by Crippen LogP contribution is 2.51. The van der Waals surface area contributed by atoms with Gasteiger partial charge in [-0.3, -0.25) is 19.3 Å². The molecule has 0 bridgehead atoms. The first-order valence-corrected chi connectivity index (χ1v) is 17.0. The second-order valence-electron chi connectivity index (χ2n) is 12.1. The second-order valence-corrected chi connectivity index (χ2v) is 16.4. The van der Waals surface area contributed by atoms with Crippen molar-refractivity contribution in [1.82, 2.24) is 9.80 Å². The molecule has 0 aliphatic carbocycles. The highest BCUT2D eigenvalue weighted by Gasteiger charge is 2.58. The average molecular weight is 587 g/mol. The van der Waals surface area contributed by atoms with Gasteiger partial charge < -0.3 is 24.9 Å². The normalized spacial score (nSPS) is 15.8. The first-order valence-electron chi connectivity index (χ1n) is 14.0. The molecule has 220 valence electrons. The minimum absolute atomic E-state index is 0.0944. The molecule has 1 amide bonds. The molecule has 10 heteroatoms. The lowest BCUT2D eigenvalue weighted by atomic mass is 9.76. The SMILES string of the molecule is CN(C)c1ccc2c(c1)[Si](C)(C)c1cc(N(C)C)ccc1C21c2ccccc2C(=O)N1CCN(CC(=O)O)CC(=O)O. The molecule has 2 aliphatic rings. The Morgan fingerprint density at radius 3 is 1.76 bits per heavy atom. The largest absolute Gasteiger partial charge is 0.480 e. The van der Waals surface area contributed by atoms with E-state index in [4.69, 9.17) is 0 Å². The van der Waals surface area contributed by atoms with Crippen LogP contribution in [0.25, 0.3) is 0 Å². The minimum atomic E-state index is -2.30. The summed E-state index contributed by atoms with van der Waals surface area (Å²) in [4.78, 5) is 44.9. The number of amides is 1. The lowest BCUT2D eigenvalue weighted by Gasteiger charge is -2.50. The van der Waals surface area contributed by atoms with Crippen molar-refractivity contribution < 1.29 is 24.6 Å². The van der Waals surface area contributed by atoms with Gasteiger partial charge in [-0.15, -0.1) is 0 Å². The predicted octanol–water partition coefficient (Wildman–Crippen LogP) is 2.17. The van der Waals surface area contributed by atoms with Crippen molar-refractivity contribution in [2.45, 2.75) is 18.6 Å². The van der Waals surface area contributed by atoms with Crippen LogP contribution in [0.4, 0.5) is 11.4 Å². The molecule has 0 saturated heterocycles. The van der Waals surface area contributed by atoms with Gasteiger partial charge in [-0.05, 0) is 57.4 Å². The summed E-state index contributed by atoms with van der Waals surface area (Å²) >= 11 is 0. The van der Waals surface area contributed by atoms with Gasteiger partial charge in [0.2, 0.25) is 0 Å². The molecular weight excluding hydrogens is 548 g/mol. The number of anilines is 2. The van der Waals surface area contributed by atoms with Crippen molar-refractivity contribution in [2.75, 3.05) is 64.2 Å². The molecule has 0 saturated carbocycles. The predicted molar refractivity (Wildman–Crippen MR) is 167 cm³/mol. The van der Waals surface area contributed by atoms with Crippen molar-refractivity contribution in [2.24, 2.45) is 0 Å². The average Bonchev–Trinajstić information content (AvgIpc) is 3.17. The molecule has 2 N–H and O–H groups in total. The third-order valence-electron chi connectivity index (χ3n) is 8.72. The van der Waals surface area contributed by atoms with Crippen LogP contribution in [-0.2, 0) is 15.1 Å². The van der Waals surface area contributed by atoms with E-state index < -0.39 is 38.6 Å². The molecule has 2 heterocycles. The number of carboxylic acids is 2. The van der Waals surface area contributed by atoms with Gasteiger partial charge >= 0.3 is 11.9 Å². The molecule has 0 aromatic heterocycles. The summed E-state index contributed by atoms with van der Waals surface area (Å²) in [6.45, 7) is 4.09. The van der Waals surface area contributed by atoms with Crippen molar-refractivity contribution in [3.05, 3.63) is 82.9 Å². The molecule has 0 atom stereocenters. The molecule has 5 rings (SSSR count). The van der Waals surface area contributed by atoms with Crippen molar-refractivity contribution in [3.63, 3.8) is 0 Å². The number of carbonyl (C=O) groups is 3. The second kappa shape index (κ2) is 10.6. The zero-order chi connectivity index (χ0) is 30.6. The van der Waals surface area contributed by atoms with Gasteiger partial charge in [-0.2, -0.15) is 0 Å². The standard InChI is InChI=1S/C32H38N4O5Si/c1-33(2)21-11-13-25-27(17-21)42(5,6)28-18-22(34(3)4)12-14-26(28)32(25)24-10-8-7-9-23(24)31(41)36(32)16-15-35(19-29(37)38)20-30(39)40/h7-14,17-18H,15-16,19-20H2,1-6H3,(H,37,38)(H,39,40). The first kappa shape index (κ1) is 29.3. The van der Waals surface area contributed by atoms with Gasteiger partial charge in [0.1, 0.15) is 13.6 Å². The molecule has 0 radical (unpaired) electrons. The molecular formula is C32H38N4O5Si. The molecule has 3 aromatic rings. The molecule has 0 fully saturated rings. The summed E-state index contributed by atoms with van der Waals surface area (Å²) < 4.78 is 0. The van der Waals surface area contributed by atoms with Crippen LogP contribution in [0.2, 0.25) is 13.1 Å². The highest BCUT2D eigenvalue weighted by molar-refractivity contribution is 7.01. The van der Waals surface area contributed by atoms with Crippen LogP contribution in [0, 0.1) is 0 Å². The van der Waals surface area contributed by atoms with E-state index in [1.165, 1.54) is 15.3 Å². The minimum Gasteiger partial charge on any atom is -0.480 e. The fraction of sp³-hybridized carbons (Fsp3) is 0.344. The zero-order valence-corrected chi connectivity index (χ0v) is 26.0. The molecule has 0 unspecified atom stereocenters. The van der Waals surface area contributed by atoms with E-state index in [-0.39, 0.29) is 19.0 Å². The van der Waals surface area contributed by atoms with Crippen LogP contribution in [0.3, 0.4) is 0 Å². The fourth-order valence-corrected chi connectivity index (χ4v) is 9.88.